The van der Waals surface area contributed by atoms with Gasteiger partial charge in [-0.25, -0.2) is 9.97 Å². The Hall–Kier alpha value is -1.61. The van der Waals surface area contributed by atoms with Crippen LogP contribution in [-0.4, -0.2) is 21.4 Å². The largest absolute Gasteiger partial charge is 0.488 e. The zero-order valence-corrected chi connectivity index (χ0v) is 9.84. The highest BCUT2D eigenvalue weighted by Gasteiger charge is 2.38. The van der Waals surface area contributed by atoms with Gasteiger partial charge in [0, 0.05) is 18.2 Å². The number of benzene rings is 1. The van der Waals surface area contributed by atoms with Gasteiger partial charge in [-0.3, -0.25) is 0 Å². The predicted molar refractivity (Wildman–Crippen MR) is 66.1 cm³/mol. The van der Waals surface area contributed by atoms with E-state index in [4.69, 9.17) is 16.3 Å². The number of halogens is 1. The van der Waals surface area contributed by atoms with Crippen molar-refractivity contribution in [3.05, 3.63) is 42.9 Å². The highest BCUT2D eigenvalue weighted by molar-refractivity contribution is 6.23. The first-order valence-corrected chi connectivity index (χ1v) is 5.94. The molecule has 2 aromatic rings. The molecule has 1 saturated carbocycles. The molecular weight excluding hydrogens is 236 g/mol. The number of alkyl halides is 1. The molecule has 1 aliphatic carbocycles. The number of hydrogen-bond donors (Lipinski definition) is 0. The Morgan fingerprint density at radius 1 is 1.24 bits per heavy atom. The Morgan fingerprint density at radius 2 is 2.06 bits per heavy atom. The van der Waals surface area contributed by atoms with Crippen molar-refractivity contribution in [2.24, 2.45) is 0 Å². The summed E-state index contributed by atoms with van der Waals surface area (Å²) in [6.45, 7) is 0. The molecule has 0 saturated heterocycles. The van der Waals surface area contributed by atoms with Crippen LogP contribution >= 0.6 is 11.6 Å². The molecule has 86 valence electrons. The van der Waals surface area contributed by atoms with Crippen molar-refractivity contribution >= 4 is 11.6 Å². The van der Waals surface area contributed by atoms with Crippen molar-refractivity contribution in [3.63, 3.8) is 0 Å². The van der Waals surface area contributed by atoms with E-state index in [2.05, 4.69) is 9.97 Å². The summed E-state index contributed by atoms with van der Waals surface area (Å²) < 4.78 is 5.83. The molecule has 1 aromatic carbocycles. The number of aromatic nitrogens is 2. The molecule has 3 rings (SSSR count). The summed E-state index contributed by atoms with van der Waals surface area (Å²) in [4.78, 5) is 8.15. The topological polar surface area (TPSA) is 35.0 Å². The third kappa shape index (κ3) is 2.24. The van der Waals surface area contributed by atoms with E-state index in [1.54, 1.807) is 6.20 Å². The smallest absolute Gasteiger partial charge is 0.129 e. The van der Waals surface area contributed by atoms with E-state index < -0.39 is 0 Å². The lowest BCUT2D eigenvalue weighted by Gasteiger charge is -2.09. The molecule has 17 heavy (non-hydrogen) atoms. The van der Waals surface area contributed by atoms with E-state index in [9.17, 15) is 0 Å². The lowest BCUT2D eigenvalue weighted by Crippen LogP contribution is -2.01. The fraction of sp³-hybridized carbons (Fsp3) is 0.231. The normalized spacial score (nSPS) is 22.2. The molecule has 1 heterocycles. The minimum Gasteiger partial charge on any atom is -0.488 e. The quantitative estimate of drug-likeness (QED) is 0.781. The van der Waals surface area contributed by atoms with Crippen LogP contribution in [0.2, 0.25) is 0 Å². The maximum Gasteiger partial charge on any atom is 0.129 e. The number of ether oxygens (including phenoxy) is 1. The van der Waals surface area contributed by atoms with Crippen LogP contribution in [0.25, 0.3) is 11.3 Å². The Bertz CT molecular complexity index is 518. The van der Waals surface area contributed by atoms with E-state index >= 15 is 0 Å². The van der Waals surface area contributed by atoms with Gasteiger partial charge in [0.15, 0.2) is 0 Å². The van der Waals surface area contributed by atoms with Gasteiger partial charge in [0.05, 0.1) is 11.1 Å². The maximum absolute atomic E-state index is 5.95. The second-order valence-electron chi connectivity index (χ2n) is 4.00. The van der Waals surface area contributed by atoms with Crippen molar-refractivity contribution in [2.45, 2.75) is 17.9 Å². The van der Waals surface area contributed by atoms with Crippen LogP contribution in [0.15, 0.2) is 42.9 Å². The van der Waals surface area contributed by atoms with Crippen molar-refractivity contribution in [3.8, 4) is 17.0 Å². The van der Waals surface area contributed by atoms with Crippen LogP contribution in [0, 0.1) is 0 Å². The lowest BCUT2D eigenvalue weighted by molar-refractivity contribution is 0.305. The number of para-hydroxylation sites is 1. The summed E-state index contributed by atoms with van der Waals surface area (Å²) in [5, 5.41) is 0.147. The molecule has 0 spiro atoms. The van der Waals surface area contributed by atoms with Crippen LogP contribution in [0.5, 0.6) is 5.75 Å². The molecule has 2 unspecified atom stereocenters. The first kappa shape index (κ1) is 10.5. The number of rotatable bonds is 3. The van der Waals surface area contributed by atoms with E-state index in [0.29, 0.717) is 0 Å². The van der Waals surface area contributed by atoms with Crippen LogP contribution in [0.4, 0.5) is 0 Å². The average Bonchev–Trinajstić information content (AvgIpc) is 3.07. The monoisotopic (exact) mass is 246 g/mol. The summed E-state index contributed by atoms with van der Waals surface area (Å²) in [7, 11) is 0. The number of nitrogens with zero attached hydrogens (tertiary/aromatic N) is 2. The third-order valence-electron chi connectivity index (χ3n) is 2.68. The highest BCUT2D eigenvalue weighted by atomic mass is 35.5. The van der Waals surface area contributed by atoms with Crippen LogP contribution in [0.3, 0.4) is 0 Å². The fourth-order valence-electron chi connectivity index (χ4n) is 1.66. The van der Waals surface area contributed by atoms with Gasteiger partial charge >= 0.3 is 0 Å². The zero-order chi connectivity index (χ0) is 11.7. The summed E-state index contributed by atoms with van der Waals surface area (Å²) in [6, 6.07) is 9.72. The molecule has 0 amide bonds. The second-order valence-corrected chi connectivity index (χ2v) is 4.56. The van der Waals surface area contributed by atoms with Gasteiger partial charge in [-0.1, -0.05) is 12.1 Å². The van der Waals surface area contributed by atoms with Gasteiger partial charge in [0.1, 0.15) is 18.2 Å². The van der Waals surface area contributed by atoms with Gasteiger partial charge < -0.3 is 4.74 Å². The molecule has 0 bridgehead atoms. The molecule has 1 aliphatic rings. The minimum absolute atomic E-state index is 0.139. The second kappa shape index (κ2) is 4.34. The van der Waals surface area contributed by atoms with Gasteiger partial charge in [-0.05, 0) is 18.2 Å². The van der Waals surface area contributed by atoms with Crippen molar-refractivity contribution < 1.29 is 4.74 Å². The average molecular weight is 247 g/mol. The zero-order valence-electron chi connectivity index (χ0n) is 9.08. The van der Waals surface area contributed by atoms with E-state index in [1.807, 2.05) is 30.3 Å². The van der Waals surface area contributed by atoms with E-state index in [0.717, 1.165) is 23.4 Å². The Balaban J connectivity index is 1.93. The molecule has 4 heteroatoms. The first-order valence-electron chi connectivity index (χ1n) is 5.51. The molecule has 2 atom stereocenters. The predicted octanol–water partition coefficient (Wildman–Crippen LogP) is 2.90. The lowest BCUT2D eigenvalue weighted by atomic mass is 10.1. The molecule has 1 aromatic heterocycles. The molecule has 1 fully saturated rings. The highest BCUT2D eigenvalue weighted by Crippen LogP contribution is 2.36. The van der Waals surface area contributed by atoms with Crippen LogP contribution < -0.4 is 4.74 Å². The third-order valence-corrected chi connectivity index (χ3v) is 3.14. The molecule has 3 nitrogen and oxygen atoms in total. The van der Waals surface area contributed by atoms with Crippen molar-refractivity contribution in [1.82, 2.24) is 9.97 Å². The van der Waals surface area contributed by atoms with Crippen molar-refractivity contribution in [2.75, 3.05) is 0 Å². The summed E-state index contributed by atoms with van der Waals surface area (Å²) in [6.07, 6.45) is 4.31. The van der Waals surface area contributed by atoms with Gasteiger partial charge in [0.2, 0.25) is 0 Å². The molecular formula is C13H11ClN2O. The Labute approximate surface area is 104 Å². The summed E-state index contributed by atoms with van der Waals surface area (Å²) >= 11 is 5.95. The fourth-order valence-corrected chi connectivity index (χ4v) is 1.89. The summed E-state index contributed by atoms with van der Waals surface area (Å²) in [5.41, 5.74) is 1.84. The SMILES string of the molecule is ClC1CC1Oc1ccccc1-c1ccncn1. The molecule has 0 N–H and O–H groups in total. The van der Waals surface area contributed by atoms with Gasteiger partial charge in [0.25, 0.3) is 0 Å². The van der Waals surface area contributed by atoms with Crippen LogP contribution in [0.1, 0.15) is 6.42 Å². The van der Waals surface area contributed by atoms with Gasteiger partial charge in [-0.15, -0.1) is 11.6 Å². The standard InChI is InChI=1S/C13H11ClN2O/c14-10-7-13(10)17-12-4-2-1-3-9(12)11-5-6-15-8-16-11/h1-6,8,10,13H,7H2. The first-order chi connectivity index (χ1) is 8.34. The molecule has 0 radical (unpaired) electrons. The molecule has 0 aliphatic heterocycles. The van der Waals surface area contributed by atoms with E-state index in [1.165, 1.54) is 6.33 Å². The number of hydrogen-bond acceptors (Lipinski definition) is 3. The maximum atomic E-state index is 5.95. The minimum atomic E-state index is 0.139. The van der Waals surface area contributed by atoms with Crippen LogP contribution in [-0.2, 0) is 0 Å². The summed E-state index contributed by atoms with van der Waals surface area (Å²) in [5.74, 6) is 0.833. The van der Waals surface area contributed by atoms with Gasteiger partial charge in [-0.2, -0.15) is 0 Å². The van der Waals surface area contributed by atoms with Crippen molar-refractivity contribution in [1.29, 1.82) is 0 Å². The van der Waals surface area contributed by atoms with E-state index in [-0.39, 0.29) is 11.5 Å². The Kier molecular flexibility index (Phi) is 2.69. The Morgan fingerprint density at radius 3 is 2.76 bits per heavy atom.